The van der Waals surface area contributed by atoms with E-state index in [4.69, 9.17) is 16.2 Å². The van der Waals surface area contributed by atoms with Gasteiger partial charge in [0.2, 0.25) is 0 Å². The molecule has 0 spiro atoms. The highest BCUT2D eigenvalue weighted by Gasteiger charge is 2.00. The van der Waals surface area contributed by atoms with E-state index in [1.54, 1.807) is 12.3 Å². The summed E-state index contributed by atoms with van der Waals surface area (Å²) in [6.45, 7) is 0.509. The molecule has 82 valence electrons. The molecular weight excluding hydrogens is 204 g/mol. The van der Waals surface area contributed by atoms with Crippen LogP contribution in [-0.2, 0) is 6.54 Å². The van der Waals surface area contributed by atoms with E-state index in [0.717, 1.165) is 5.56 Å². The molecule has 1 aromatic heterocycles. The van der Waals surface area contributed by atoms with Crippen LogP contribution in [-0.4, -0.2) is 9.97 Å². The topological polar surface area (TPSA) is 87.0 Å². The molecule has 2 aromatic rings. The van der Waals surface area contributed by atoms with Crippen molar-refractivity contribution in [1.29, 1.82) is 0 Å². The number of rotatable bonds is 3. The summed E-state index contributed by atoms with van der Waals surface area (Å²) in [5, 5.41) is 0. The average Bonchev–Trinajstić information content (AvgIpc) is 2.30. The SMILES string of the molecule is NCc1ccc(Oc2nccc(N)n2)cc1. The van der Waals surface area contributed by atoms with Gasteiger partial charge in [-0.1, -0.05) is 12.1 Å². The predicted molar refractivity (Wildman–Crippen MR) is 60.9 cm³/mol. The molecule has 0 amide bonds. The smallest absolute Gasteiger partial charge is 0.323 e. The molecule has 0 fully saturated rings. The normalized spacial score (nSPS) is 10.1. The minimum atomic E-state index is 0.237. The van der Waals surface area contributed by atoms with Gasteiger partial charge in [-0.2, -0.15) is 4.98 Å². The molecule has 5 heteroatoms. The van der Waals surface area contributed by atoms with Gasteiger partial charge in [-0.25, -0.2) is 4.98 Å². The molecule has 0 aliphatic heterocycles. The first-order chi connectivity index (χ1) is 7.78. The second-order valence-electron chi connectivity index (χ2n) is 3.21. The number of nitrogens with two attached hydrogens (primary N) is 2. The summed E-state index contributed by atoms with van der Waals surface area (Å²) >= 11 is 0. The zero-order valence-electron chi connectivity index (χ0n) is 8.63. The minimum absolute atomic E-state index is 0.237. The van der Waals surface area contributed by atoms with Crippen molar-refractivity contribution >= 4 is 5.82 Å². The largest absolute Gasteiger partial charge is 0.424 e. The van der Waals surface area contributed by atoms with E-state index in [-0.39, 0.29) is 6.01 Å². The molecule has 0 saturated heterocycles. The van der Waals surface area contributed by atoms with E-state index >= 15 is 0 Å². The van der Waals surface area contributed by atoms with Crippen LogP contribution in [0.1, 0.15) is 5.56 Å². The quantitative estimate of drug-likeness (QED) is 0.807. The van der Waals surface area contributed by atoms with E-state index < -0.39 is 0 Å². The van der Waals surface area contributed by atoms with Crippen LogP contribution in [0.15, 0.2) is 36.5 Å². The van der Waals surface area contributed by atoms with Crippen molar-refractivity contribution in [2.75, 3.05) is 5.73 Å². The molecule has 1 aromatic carbocycles. The first kappa shape index (κ1) is 10.4. The summed E-state index contributed by atoms with van der Waals surface area (Å²) < 4.78 is 5.42. The van der Waals surface area contributed by atoms with Gasteiger partial charge >= 0.3 is 6.01 Å². The molecule has 4 N–H and O–H groups in total. The van der Waals surface area contributed by atoms with Gasteiger partial charge in [0.25, 0.3) is 0 Å². The molecule has 5 nitrogen and oxygen atoms in total. The van der Waals surface area contributed by atoms with E-state index in [1.807, 2.05) is 24.3 Å². The highest BCUT2D eigenvalue weighted by molar-refractivity contribution is 5.31. The monoisotopic (exact) mass is 216 g/mol. The Morgan fingerprint density at radius 3 is 2.50 bits per heavy atom. The van der Waals surface area contributed by atoms with Crippen LogP contribution in [0, 0.1) is 0 Å². The van der Waals surface area contributed by atoms with Gasteiger partial charge in [0.1, 0.15) is 11.6 Å². The molecule has 0 atom stereocenters. The van der Waals surface area contributed by atoms with Gasteiger partial charge in [-0.3, -0.25) is 0 Å². The number of benzene rings is 1. The summed E-state index contributed by atoms with van der Waals surface area (Å²) in [4.78, 5) is 7.87. The third-order valence-electron chi connectivity index (χ3n) is 2.02. The van der Waals surface area contributed by atoms with Crippen molar-refractivity contribution in [3.8, 4) is 11.8 Å². The Balaban J connectivity index is 2.14. The van der Waals surface area contributed by atoms with E-state index in [2.05, 4.69) is 9.97 Å². The van der Waals surface area contributed by atoms with Gasteiger partial charge in [-0.05, 0) is 23.8 Å². The van der Waals surface area contributed by atoms with Crippen molar-refractivity contribution in [1.82, 2.24) is 9.97 Å². The molecule has 0 unspecified atom stereocenters. The Bertz CT molecular complexity index is 470. The lowest BCUT2D eigenvalue weighted by Gasteiger charge is -2.04. The van der Waals surface area contributed by atoms with Gasteiger partial charge in [0.15, 0.2) is 0 Å². The van der Waals surface area contributed by atoms with Crippen molar-refractivity contribution < 1.29 is 4.74 Å². The summed E-state index contributed by atoms with van der Waals surface area (Å²) in [7, 11) is 0. The number of nitrogens with zero attached hydrogens (tertiary/aromatic N) is 2. The molecular formula is C11H12N4O. The number of nitrogen functional groups attached to an aromatic ring is 1. The maximum absolute atomic E-state index is 5.51. The minimum Gasteiger partial charge on any atom is -0.424 e. The van der Waals surface area contributed by atoms with Gasteiger partial charge in [0, 0.05) is 12.7 Å². The lowest BCUT2D eigenvalue weighted by Crippen LogP contribution is -1.97. The van der Waals surface area contributed by atoms with E-state index in [1.165, 1.54) is 0 Å². The first-order valence-electron chi connectivity index (χ1n) is 4.83. The summed E-state index contributed by atoms with van der Waals surface area (Å²) in [6, 6.07) is 9.25. The Labute approximate surface area is 93.1 Å². The summed E-state index contributed by atoms with van der Waals surface area (Å²) in [5.74, 6) is 1.03. The number of ether oxygens (including phenoxy) is 1. The van der Waals surface area contributed by atoms with Crippen LogP contribution < -0.4 is 16.2 Å². The molecule has 0 radical (unpaired) electrons. The maximum Gasteiger partial charge on any atom is 0.323 e. The highest BCUT2D eigenvalue weighted by Crippen LogP contribution is 2.18. The van der Waals surface area contributed by atoms with E-state index in [0.29, 0.717) is 18.1 Å². The van der Waals surface area contributed by atoms with Crippen molar-refractivity contribution in [2.24, 2.45) is 5.73 Å². The third kappa shape index (κ3) is 2.46. The Morgan fingerprint density at radius 2 is 1.88 bits per heavy atom. The number of anilines is 1. The molecule has 2 rings (SSSR count). The summed E-state index contributed by atoms with van der Waals surface area (Å²) in [6.07, 6.45) is 1.55. The highest BCUT2D eigenvalue weighted by atomic mass is 16.5. The Hall–Kier alpha value is -2.14. The van der Waals surface area contributed by atoms with Gasteiger partial charge < -0.3 is 16.2 Å². The number of hydrogen-bond acceptors (Lipinski definition) is 5. The second-order valence-corrected chi connectivity index (χ2v) is 3.21. The zero-order chi connectivity index (χ0) is 11.4. The first-order valence-corrected chi connectivity index (χ1v) is 4.83. The maximum atomic E-state index is 5.51. The molecule has 1 heterocycles. The molecule has 16 heavy (non-hydrogen) atoms. The lowest BCUT2D eigenvalue weighted by atomic mass is 10.2. The van der Waals surface area contributed by atoms with Gasteiger partial charge in [-0.15, -0.1) is 0 Å². The fraction of sp³-hybridized carbons (Fsp3) is 0.0909. The van der Waals surface area contributed by atoms with Crippen LogP contribution in [0.2, 0.25) is 0 Å². The molecule has 0 aliphatic rings. The average molecular weight is 216 g/mol. The summed E-state index contributed by atoms with van der Waals surface area (Å²) in [5.41, 5.74) is 12.0. The molecule has 0 saturated carbocycles. The van der Waals surface area contributed by atoms with Crippen LogP contribution in [0.3, 0.4) is 0 Å². The number of hydrogen-bond donors (Lipinski definition) is 2. The van der Waals surface area contributed by atoms with Crippen LogP contribution >= 0.6 is 0 Å². The van der Waals surface area contributed by atoms with Crippen molar-refractivity contribution in [3.05, 3.63) is 42.1 Å². The fourth-order valence-corrected chi connectivity index (χ4v) is 1.20. The van der Waals surface area contributed by atoms with Crippen LogP contribution in [0.5, 0.6) is 11.8 Å². The van der Waals surface area contributed by atoms with Crippen molar-refractivity contribution in [2.45, 2.75) is 6.54 Å². The van der Waals surface area contributed by atoms with Crippen LogP contribution in [0.4, 0.5) is 5.82 Å². The predicted octanol–water partition coefficient (Wildman–Crippen LogP) is 1.31. The van der Waals surface area contributed by atoms with Crippen molar-refractivity contribution in [3.63, 3.8) is 0 Å². The Morgan fingerprint density at radius 1 is 1.12 bits per heavy atom. The molecule has 0 aliphatic carbocycles. The molecule has 0 bridgehead atoms. The van der Waals surface area contributed by atoms with Gasteiger partial charge in [0.05, 0.1) is 0 Å². The van der Waals surface area contributed by atoms with Crippen LogP contribution in [0.25, 0.3) is 0 Å². The fourth-order valence-electron chi connectivity index (χ4n) is 1.20. The lowest BCUT2D eigenvalue weighted by molar-refractivity contribution is 0.442. The number of aromatic nitrogens is 2. The van der Waals surface area contributed by atoms with E-state index in [9.17, 15) is 0 Å². The Kier molecular flexibility index (Phi) is 2.98. The standard InChI is InChI=1S/C11H12N4O/c12-7-8-1-3-9(4-2-8)16-11-14-6-5-10(13)15-11/h1-6H,7,12H2,(H2,13,14,15). The zero-order valence-corrected chi connectivity index (χ0v) is 8.63. The second kappa shape index (κ2) is 4.59. The third-order valence-corrected chi connectivity index (χ3v) is 2.02.